The first-order valence-electron chi connectivity index (χ1n) is 19.7. The van der Waals surface area contributed by atoms with Crippen LogP contribution in [0, 0.1) is 5.92 Å². The summed E-state index contributed by atoms with van der Waals surface area (Å²) < 4.78 is 1.92. The number of aromatic nitrogens is 4. The molecular weight excluding hydrogens is 758 g/mol. The number of halogens is 1. The molecule has 1 saturated heterocycles. The summed E-state index contributed by atoms with van der Waals surface area (Å²) >= 11 is 7.86. The largest absolute Gasteiger partial charge is 0.355 e. The quantitative estimate of drug-likeness (QED) is 0.0867. The van der Waals surface area contributed by atoms with Gasteiger partial charge in [0.2, 0.25) is 23.7 Å². The number of thiophene rings is 1. The van der Waals surface area contributed by atoms with E-state index in [1.54, 1.807) is 6.20 Å². The highest BCUT2D eigenvalue weighted by molar-refractivity contribution is 7.14. The molecule has 2 aliphatic heterocycles. The number of carbonyl (C=O) groups is 5. The monoisotopic (exact) mass is 807 g/mol. The molecule has 16 nitrogen and oxygen atoms in total. The molecule has 7 rings (SSSR count). The third kappa shape index (κ3) is 10.0. The van der Waals surface area contributed by atoms with Gasteiger partial charge in [-0.25, -0.2) is 14.8 Å². The number of urea groups is 1. The molecule has 3 fully saturated rings. The predicted octanol–water partition coefficient (Wildman–Crippen LogP) is 3.40. The molecule has 1 atom stereocenters. The van der Waals surface area contributed by atoms with Crippen LogP contribution in [0.4, 0.5) is 10.7 Å². The van der Waals surface area contributed by atoms with E-state index in [1.807, 2.05) is 24.0 Å². The number of carbonyl (C=O) groups excluding carboxylic acids is 5. The highest BCUT2D eigenvalue weighted by Gasteiger charge is 2.40. The molecular formula is C38H50ClN11O5S. The number of nitrogens with zero attached hydrogens (tertiary/aromatic N) is 5. The van der Waals surface area contributed by atoms with Gasteiger partial charge in [0.05, 0.1) is 41.1 Å². The van der Waals surface area contributed by atoms with Gasteiger partial charge in [-0.15, -0.1) is 11.3 Å². The van der Waals surface area contributed by atoms with Crippen molar-refractivity contribution in [1.82, 2.24) is 51.2 Å². The first-order valence-corrected chi connectivity index (χ1v) is 20.9. The van der Waals surface area contributed by atoms with Gasteiger partial charge in [0.15, 0.2) is 0 Å². The van der Waals surface area contributed by atoms with Crippen LogP contribution in [0.25, 0.3) is 11.3 Å². The molecule has 4 aliphatic rings. The first kappa shape index (κ1) is 39.6. The molecule has 0 bridgehead atoms. The maximum absolute atomic E-state index is 12.9. The van der Waals surface area contributed by atoms with Crippen LogP contribution in [0.1, 0.15) is 96.4 Å². The lowest BCUT2D eigenvalue weighted by Crippen LogP contribution is -2.52. The third-order valence-electron chi connectivity index (χ3n) is 11.0. The van der Waals surface area contributed by atoms with Gasteiger partial charge >= 0.3 is 6.03 Å². The van der Waals surface area contributed by atoms with Crippen LogP contribution in [-0.4, -0.2) is 92.1 Å². The predicted molar refractivity (Wildman–Crippen MR) is 211 cm³/mol. The van der Waals surface area contributed by atoms with Crippen LogP contribution in [0.15, 0.2) is 18.5 Å². The van der Waals surface area contributed by atoms with Crippen LogP contribution in [-0.2, 0) is 40.9 Å². The van der Waals surface area contributed by atoms with Crippen molar-refractivity contribution in [1.29, 1.82) is 0 Å². The number of fused-ring (bicyclic) bond motifs is 1. The van der Waals surface area contributed by atoms with Gasteiger partial charge in [-0.1, -0.05) is 11.6 Å². The fraction of sp³-hybridized carbons (Fsp3) is 0.579. The summed E-state index contributed by atoms with van der Waals surface area (Å²) in [6.07, 6.45) is 13.8. The van der Waals surface area contributed by atoms with Crippen molar-refractivity contribution in [2.24, 2.45) is 13.0 Å². The van der Waals surface area contributed by atoms with E-state index in [0.717, 1.165) is 73.1 Å². The lowest BCUT2D eigenvalue weighted by molar-refractivity contribution is -0.137. The Kier molecular flexibility index (Phi) is 12.8. The molecule has 6 amide bonds. The van der Waals surface area contributed by atoms with Crippen molar-refractivity contribution < 1.29 is 24.0 Å². The molecule has 56 heavy (non-hydrogen) atoms. The Morgan fingerprint density at radius 3 is 2.48 bits per heavy atom. The molecule has 3 aromatic heterocycles. The Labute approximate surface area is 334 Å². The van der Waals surface area contributed by atoms with Crippen LogP contribution in [0.5, 0.6) is 0 Å². The number of imide groups is 1. The van der Waals surface area contributed by atoms with E-state index in [4.69, 9.17) is 16.6 Å². The number of amides is 6. The molecule has 0 spiro atoms. The second-order valence-electron chi connectivity index (χ2n) is 15.2. The van der Waals surface area contributed by atoms with E-state index in [9.17, 15) is 24.0 Å². The molecule has 300 valence electrons. The molecule has 6 N–H and O–H groups in total. The van der Waals surface area contributed by atoms with Crippen molar-refractivity contribution in [2.75, 3.05) is 25.0 Å². The number of piperidine rings is 1. The zero-order valence-corrected chi connectivity index (χ0v) is 33.2. The van der Waals surface area contributed by atoms with Crippen LogP contribution in [0.2, 0.25) is 5.02 Å². The first-order chi connectivity index (χ1) is 27.1. The lowest BCUT2D eigenvalue weighted by Gasteiger charge is -2.29. The van der Waals surface area contributed by atoms with E-state index in [1.165, 1.54) is 29.1 Å². The number of anilines is 1. The minimum Gasteiger partial charge on any atom is -0.355 e. The van der Waals surface area contributed by atoms with E-state index >= 15 is 0 Å². The average Bonchev–Trinajstić information content (AvgIpc) is 3.70. The standard InChI is InChI=1S/C38H50ClN11O5S/c1-49-30(15-22-5-6-22)27(18-45-49)33-28(39)19-43-37(48-33)46-25-9-7-24(8-10-25)42-20-32(52)40-13-3-2-4-14-41-38(55)44-17-26-16-23-21-50(36(54)34(23)56-26)29-11-12-31(51)47-35(29)53/h16,18-19,22,24-25,29,42H,2-15,17,20-21H2,1H3,(H,40,52)(H2,41,44,55)(H,43,46,48)(H,47,51,53). The van der Waals surface area contributed by atoms with E-state index in [-0.39, 0.29) is 48.8 Å². The molecule has 3 aromatic rings. The second kappa shape index (κ2) is 18.1. The lowest BCUT2D eigenvalue weighted by atomic mass is 9.91. The number of rotatable bonds is 17. The zero-order chi connectivity index (χ0) is 39.2. The molecule has 2 aliphatic carbocycles. The second-order valence-corrected chi connectivity index (χ2v) is 16.8. The number of nitrogens with one attached hydrogen (secondary N) is 6. The molecule has 0 aromatic carbocycles. The number of hydrogen-bond acceptors (Lipinski definition) is 11. The summed E-state index contributed by atoms with van der Waals surface area (Å²) in [5, 5.41) is 22.9. The average molecular weight is 808 g/mol. The topological polar surface area (TPSA) is 204 Å². The minimum absolute atomic E-state index is 0.0220. The normalized spacial score (nSPS) is 20.8. The maximum Gasteiger partial charge on any atom is 0.315 e. The fourth-order valence-corrected chi connectivity index (χ4v) is 8.88. The summed E-state index contributed by atoms with van der Waals surface area (Å²) in [4.78, 5) is 73.6. The smallest absolute Gasteiger partial charge is 0.315 e. The molecule has 2 saturated carbocycles. The molecule has 1 unspecified atom stereocenters. The van der Waals surface area contributed by atoms with Crippen molar-refractivity contribution in [3.8, 4) is 11.3 Å². The maximum atomic E-state index is 12.9. The van der Waals surface area contributed by atoms with Gasteiger partial charge in [0, 0.05) is 61.3 Å². The van der Waals surface area contributed by atoms with Crippen LogP contribution < -0.4 is 31.9 Å². The Morgan fingerprint density at radius 1 is 0.964 bits per heavy atom. The Hall–Kier alpha value is -4.61. The van der Waals surface area contributed by atoms with E-state index in [0.29, 0.717) is 60.1 Å². The van der Waals surface area contributed by atoms with Gasteiger partial charge in [-0.2, -0.15) is 5.10 Å². The summed E-state index contributed by atoms with van der Waals surface area (Å²) in [5.41, 5.74) is 3.68. The highest BCUT2D eigenvalue weighted by atomic mass is 35.5. The molecule has 0 radical (unpaired) electrons. The summed E-state index contributed by atoms with van der Waals surface area (Å²) in [5.74, 6) is 0.307. The summed E-state index contributed by atoms with van der Waals surface area (Å²) in [7, 11) is 1.97. The van der Waals surface area contributed by atoms with Crippen LogP contribution in [0.3, 0.4) is 0 Å². The fourth-order valence-electron chi connectivity index (χ4n) is 7.62. The van der Waals surface area contributed by atoms with Crippen molar-refractivity contribution in [3.63, 3.8) is 0 Å². The summed E-state index contributed by atoms with van der Waals surface area (Å²) in [6, 6.07) is 1.48. The third-order valence-corrected chi connectivity index (χ3v) is 12.4. The van der Waals surface area contributed by atoms with E-state index in [2.05, 4.69) is 42.0 Å². The molecule has 5 heterocycles. The number of aryl methyl sites for hydroxylation is 1. The number of hydrogen-bond donors (Lipinski definition) is 6. The van der Waals surface area contributed by atoms with E-state index < -0.39 is 11.9 Å². The zero-order valence-electron chi connectivity index (χ0n) is 31.6. The van der Waals surface area contributed by atoms with Crippen LogP contribution >= 0.6 is 22.9 Å². The Bertz CT molecular complexity index is 1940. The van der Waals surface area contributed by atoms with Crippen molar-refractivity contribution in [3.05, 3.63) is 44.5 Å². The summed E-state index contributed by atoms with van der Waals surface area (Å²) in [6.45, 7) is 1.98. The SMILES string of the molecule is Cn1ncc(-c2nc(NC3CCC(NCC(=O)NCCCCCNC(=O)NCc4cc5c(s4)C(=O)N(C4CCC(=O)NC4=O)C5)CC3)ncc2Cl)c1CC1CC1. The molecule has 18 heteroatoms. The van der Waals surface area contributed by atoms with Crippen molar-refractivity contribution >= 4 is 58.5 Å². The number of unbranched alkanes of at least 4 members (excludes halogenated alkanes) is 2. The Morgan fingerprint density at radius 2 is 1.73 bits per heavy atom. The van der Waals surface area contributed by atoms with Gasteiger partial charge in [0.1, 0.15) is 6.04 Å². The van der Waals surface area contributed by atoms with Gasteiger partial charge in [-0.05, 0) is 88.2 Å². The van der Waals surface area contributed by atoms with Crippen molar-refractivity contribution in [2.45, 2.75) is 108 Å². The Balaban J connectivity index is 0.714. The van der Waals surface area contributed by atoms with Gasteiger partial charge in [-0.3, -0.25) is 29.2 Å². The van der Waals surface area contributed by atoms with Gasteiger partial charge in [0.25, 0.3) is 5.91 Å². The minimum atomic E-state index is -0.637. The van der Waals surface area contributed by atoms with Gasteiger partial charge < -0.3 is 31.5 Å². The highest BCUT2D eigenvalue weighted by Crippen LogP contribution is 2.37.